The number of carboxylic acid groups (broad SMARTS) is 1. The first-order chi connectivity index (χ1) is 14.3. The van der Waals surface area contributed by atoms with Gasteiger partial charge in [0.05, 0.1) is 0 Å². The molecule has 0 aromatic heterocycles. The zero-order valence-electron chi connectivity index (χ0n) is 20.6. The Balaban J connectivity index is 1.79. The third-order valence-corrected chi connectivity index (χ3v) is 8.79. The maximum Gasteiger partial charge on any atom is 0.407 e. The Bertz CT molecular complexity index is 747. The normalized spacial score (nSPS) is 35.1. The molecule has 0 aliphatic heterocycles. The quantitative estimate of drug-likeness (QED) is 0.508. The van der Waals surface area contributed by atoms with E-state index in [4.69, 9.17) is 4.74 Å². The predicted molar refractivity (Wildman–Crippen MR) is 123 cm³/mol. The molecule has 0 spiro atoms. The van der Waals surface area contributed by atoms with Gasteiger partial charge >= 0.3 is 12.1 Å². The maximum absolute atomic E-state index is 12.5. The fourth-order valence-corrected chi connectivity index (χ4v) is 7.39. The second-order valence-electron chi connectivity index (χ2n) is 12.1. The van der Waals surface area contributed by atoms with Gasteiger partial charge in [-0.1, -0.05) is 31.9 Å². The van der Waals surface area contributed by atoms with Crippen LogP contribution in [0.5, 0.6) is 0 Å². The van der Waals surface area contributed by atoms with Gasteiger partial charge in [-0.05, 0) is 101 Å². The first-order valence-electron chi connectivity index (χ1n) is 12.2. The molecule has 3 aliphatic carbocycles. The van der Waals surface area contributed by atoms with E-state index < -0.39 is 11.6 Å². The number of allylic oxidation sites excluding steroid dienone is 2. The number of carbonyl (C=O) groups excluding carboxylic acids is 1. The summed E-state index contributed by atoms with van der Waals surface area (Å²) in [4.78, 5) is 23.7. The van der Waals surface area contributed by atoms with E-state index in [1.165, 1.54) is 17.6 Å². The largest absolute Gasteiger partial charge is 0.481 e. The minimum absolute atomic E-state index is 0.00763. The molecule has 0 aromatic carbocycles. The number of carbonyl (C=O) groups is 2. The zero-order chi connectivity index (χ0) is 23.2. The summed E-state index contributed by atoms with van der Waals surface area (Å²) < 4.78 is 5.55. The van der Waals surface area contributed by atoms with Crippen molar-refractivity contribution in [3.05, 3.63) is 11.1 Å². The molecule has 5 nitrogen and oxygen atoms in total. The summed E-state index contributed by atoms with van der Waals surface area (Å²) in [5.74, 6) is 0.979. The van der Waals surface area contributed by atoms with Crippen LogP contribution in [0.4, 0.5) is 4.79 Å². The third-order valence-electron chi connectivity index (χ3n) is 8.79. The van der Waals surface area contributed by atoms with Crippen LogP contribution in [0, 0.1) is 28.6 Å². The number of ether oxygens (including phenoxy) is 1. The summed E-state index contributed by atoms with van der Waals surface area (Å²) in [5.41, 5.74) is 2.60. The fourth-order valence-electron chi connectivity index (χ4n) is 7.39. The summed E-state index contributed by atoms with van der Waals surface area (Å²) in [6, 6.07) is 0.115. The lowest BCUT2D eigenvalue weighted by Crippen LogP contribution is -2.61. The van der Waals surface area contributed by atoms with E-state index in [2.05, 4.69) is 33.0 Å². The molecule has 0 aromatic rings. The van der Waals surface area contributed by atoms with Crippen LogP contribution in [0.2, 0.25) is 0 Å². The van der Waals surface area contributed by atoms with Crippen LogP contribution in [0.1, 0.15) is 99.8 Å². The molecule has 2 fully saturated rings. The highest BCUT2D eigenvalue weighted by Crippen LogP contribution is 2.64. The highest BCUT2D eigenvalue weighted by atomic mass is 16.6. The topological polar surface area (TPSA) is 75.6 Å². The molecule has 1 amide bonds. The van der Waals surface area contributed by atoms with Crippen molar-refractivity contribution in [1.82, 2.24) is 5.32 Å². The number of aliphatic carboxylic acids is 1. The molecule has 2 saturated carbocycles. The summed E-state index contributed by atoms with van der Waals surface area (Å²) in [7, 11) is 0. The van der Waals surface area contributed by atoms with E-state index in [9.17, 15) is 14.7 Å². The van der Waals surface area contributed by atoms with Gasteiger partial charge in [-0.25, -0.2) is 4.79 Å². The highest BCUT2D eigenvalue weighted by Gasteiger charge is 2.58. The van der Waals surface area contributed by atoms with E-state index in [0.29, 0.717) is 24.2 Å². The summed E-state index contributed by atoms with van der Waals surface area (Å²) in [6.45, 7) is 15.1. The number of fused-ring (bicyclic) bond motifs is 3. The van der Waals surface area contributed by atoms with Crippen LogP contribution < -0.4 is 5.32 Å². The summed E-state index contributed by atoms with van der Waals surface area (Å²) in [6.07, 6.45) is 7.29. The van der Waals surface area contributed by atoms with Gasteiger partial charge in [-0.15, -0.1) is 0 Å². The molecule has 2 N–H and O–H groups in total. The van der Waals surface area contributed by atoms with Crippen molar-refractivity contribution < 1.29 is 19.4 Å². The van der Waals surface area contributed by atoms with Crippen molar-refractivity contribution in [1.29, 1.82) is 0 Å². The third kappa shape index (κ3) is 4.80. The first-order valence-corrected chi connectivity index (χ1v) is 12.2. The van der Waals surface area contributed by atoms with Crippen LogP contribution in [-0.4, -0.2) is 28.8 Å². The van der Waals surface area contributed by atoms with Gasteiger partial charge in [-0.2, -0.15) is 0 Å². The molecule has 0 heterocycles. The van der Waals surface area contributed by atoms with E-state index in [1.807, 2.05) is 20.8 Å². The number of alkyl carbamates (subject to hydrolysis) is 1. The molecule has 0 bridgehead atoms. The summed E-state index contributed by atoms with van der Waals surface area (Å²) >= 11 is 0. The Kier molecular flexibility index (Phi) is 6.57. The second-order valence-corrected chi connectivity index (χ2v) is 12.1. The van der Waals surface area contributed by atoms with E-state index in [0.717, 1.165) is 32.1 Å². The van der Waals surface area contributed by atoms with Crippen molar-refractivity contribution in [3.63, 3.8) is 0 Å². The molecule has 31 heavy (non-hydrogen) atoms. The lowest BCUT2D eigenvalue weighted by atomic mass is 9.43. The smallest absolute Gasteiger partial charge is 0.407 e. The monoisotopic (exact) mass is 433 g/mol. The van der Waals surface area contributed by atoms with Gasteiger partial charge in [0.1, 0.15) is 5.60 Å². The Morgan fingerprint density at radius 3 is 2.42 bits per heavy atom. The average molecular weight is 434 g/mol. The number of nitrogens with one attached hydrogen (secondary N) is 1. The molecular formula is C26H43NO4. The Morgan fingerprint density at radius 1 is 1.13 bits per heavy atom. The number of carboxylic acids is 1. The highest BCUT2D eigenvalue weighted by molar-refractivity contribution is 5.68. The Hall–Kier alpha value is -1.52. The van der Waals surface area contributed by atoms with Gasteiger partial charge in [0.25, 0.3) is 0 Å². The number of hydrogen-bond donors (Lipinski definition) is 2. The van der Waals surface area contributed by atoms with Gasteiger partial charge < -0.3 is 15.2 Å². The minimum Gasteiger partial charge on any atom is -0.481 e. The SMILES string of the molecule is CC1=C(CCC(=O)O)[C@@H]2CC[C@H]3C(C)(C)[C@@H](NC(=O)OC(C)(C)C)CC[C@]3(C)[C@H]2CC1. The average Bonchev–Trinajstić information content (AvgIpc) is 2.61. The fraction of sp³-hybridized carbons (Fsp3) is 0.846. The van der Waals surface area contributed by atoms with Crippen molar-refractivity contribution in [2.75, 3.05) is 0 Å². The molecule has 0 unspecified atom stereocenters. The predicted octanol–water partition coefficient (Wildman–Crippen LogP) is 6.32. The lowest BCUT2D eigenvalue weighted by Gasteiger charge is -2.63. The van der Waals surface area contributed by atoms with Gasteiger partial charge in [-0.3, -0.25) is 4.79 Å². The lowest BCUT2D eigenvalue weighted by molar-refractivity contribution is -0.137. The first kappa shape index (κ1) is 24.1. The molecule has 3 aliphatic rings. The zero-order valence-corrected chi connectivity index (χ0v) is 20.6. The van der Waals surface area contributed by atoms with E-state index in [1.54, 1.807) is 0 Å². The van der Waals surface area contributed by atoms with E-state index >= 15 is 0 Å². The molecule has 0 saturated heterocycles. The number of rotatable bonds is 4. The van der Waals surface area contributed by atoms with Gasteiger partial charge in [0.2, 0.25) is 0 Å². The van der Waals surface area contributed by atoms with Crippen LogP contribution in [-0.2, 0) is 9.53 Å². The molecule has 0 radical (unpaired) electrons. The molecule has 5 atom stereocenters. The Morgan fingerprint density at radius 2 is 1.81 bits per heavy atom. The standard InChI is InChI=1S/C26H43NO4/c1-16-8-11-19-18(17(16)10-13-22(28)29)9-12-20-25(5,6)21(14-15-26(19,20)7)27-23(30)31-24(2,3)4/h18-21H,8-15H2,1-7H3,(H,27,30)(H,28,29)/t18-,19-,20-,21-,26+/m0/s1. The second kappa shape index (κ2) is 8.44. The molecule has 176 valence electrons. The minimum atomic E-state index is -0.697. The number of hydrogen-bond acceptors (Lipinski definition) is 3. The van der Waals surface area contributed by atoms with E-state index in [-0.39, 0.29) is 29.4 Å². The van der Waals surface area contributed by atoms with Gasteiger partial charge in [0, 0.05) is 12.5 Å². The molecule has 5 heteroatoms. The van der Waals surface area contributed by atoms with Crippen molar-refractivity contribution in [2.45, 2.75) is 111 Å². The maximum atomic E-state index is 12.5. The van der Waals surface area contributed by atoms with Gasteiger partial charge in [0.15, 0.2) is 0 Å². The summed E-state index contributed by atoms with van der Waals surface area (Å²) in [5, 5.41) is 12.4. The molecular weight excluding hydrogens is 390 g/mol. The molecule has 3 rings (SSSR count). The van der Waals surface area contributed by atoms with Crippen LogP contribution in [0.3, 0.4) is 0 Å². The van der Waals surface area contributed by atoms with Crippen molar-refractivity contribution in [3.8, 4) is 0 Å². The Labute approximate surface area is 188 Å². The van der Waals surface area contributed by atoms with Crippen molar-refractivity contribution >= 4 is 12.1 Å². The van der Waals surface area contributed by atoms with Crippen LogP contribution in [0.15, 0.2) is 11.1 Å². The van der Waals surface area contributed by atoms with Crippen LogP contribution >= 0.6 is 0 Å². The van der Waals surface area contributed by atoms with Crippen molar-refractivity contribution in [2.24, 2.45) is 28.6 Å². The van der Waals surface area contributed by atoms with Crippen LogP contribution in [0.25, 0.3) is 0 Å². The number of amides is 1.